The van der Waals surface area contributed by atoms with Crippen LogP contribution in [-0.4, -0.2) is 22.6 Å². The quantitative estimate of drug-likeness (QED) is 0.761. The Kier molecular flexibility index (Phi) is 4.08. The van der Waals surface area contributed by atoms with Gasteiger partial charge in [0.15, 0.2) is 0 Å². The van der Waals surface area contributed by atoms with Crippen molar-refractivity contribution in [3.05, 3.63) is 59.1 Å². The van der Waals surface area contributed by atoms with Gasteiger partial charge in [-0.1, -0.05) is 35.9 Å². The molecule has 2 aromatic carbocycles. The van der Waals surface area contributed by atoms with Gasteiger partial charge in [-0.05, 0) is 29.8 Å². The zero-order chi connectivity index (χ0) is 14.7. The molecule has 108 valence electrons. The third-order valence-corrected chi connectivity index (χ3v) is 3.59. The Labute approximate surface area is 128 Å². The van der Waals surface area contributed by atoms with Crippen LogP contribution in [0.4, 0.5) is 5.95 Å². The number of rotatable bonds is 5. The van der Waals surface area contributed by atoms with E-state index < -0.39 is 0 Å². The van der Waals surface area contributed by atoms with Gasteiger partial charge in [0.05, 0.1) is 17.6 Å². The molecule has 0 aliphatic heterocycles. The minimum Gasteiger partial charge on any atom is -0.354 e. The van der Waals surface area contributed by atoms with E-state index in [2.05, 4.69) is 20.9 Å². The Morgan fingerprint density at radius 1 is 1.10 bits per heavy atom. The van der Waals surface area contributed by atoms with Gasteiger partial charge in [0.2, 0.25) is 5.95 Å². The zero-order valence-corrected chi connectivity index (χ0v) is 12.3. The fraction of sp³-hybridized carbons (Fsp3) is 0.188. The van der Waals surface area contributed by atoms with E-state index in [1.807, 2.05) is 42.5 Å². The summed E-state index contributed by atoms with van der Waals surface area (Å²) < 4.78 is 2.16. The molecule has 0 amide bonds. The van der Waals surface area contributed by atoms with Crippen molar-refractivity contribution in [3.63, 3.8) is 0 Å². The predicted octanol–water partition coefficient (Wildman–Crippen LogP) is 3.11. The number of nitrogens with zero attached hydrogens (tertiary/aromatic N) is 2. The summed E-state index contributed by atoms with van der Waals surface area (Å²) in [6.07, 6.45) is 0. The molecule has 3 aromatic rings. The lowest BCUT2D eigenvalue weighted by molar-refractivity contribution is 0.820. The van der Waals surface area contributed by atoms with Gasteiger partial charge in [0.1, 0.15) is 0 Å². The standard InChI is InChI=1S/C16H17ClN4/c17-13-7-5-12(6-8-13)11-21-15-4-2-1-3-14(15)20-16(21)19-10-9-18/h1-8H,9-11,18H2,(H,19,20). The molecule has 0 aliphatic carbocycles. The Balaban J connectivity index is 1.99. The van der Waals surface area contributed by atoms with E-state index in [0.717, 1.165) is 28.5 Å². The molecular formula is C16H17ClN4. The first-order valence-electron chi connectivity index (χ1n) is 6.91. The van der Waals surface area contributed by atoms with Crippen LogP contribution in [0.3, 0.4) is 0 Å². The number of aromatic nitrogens is 2. The number of benzene rings is 2. The van der Waals surface area contributed by atoms with Crippen molar-refractivity contribution >= 4 is 28.6 Å². The Bertz CT molecular complexity index is 734. The van der Waals surface area contributed by atoms with E-state index in [4.69, 9.17) is 17.3 Å². The van der Waals surface area contributed by atoms with Crippen molar-refractivity contribution < 1.29 is 0 Å². The third-order valence-electron chi connectivity index (χ3n) is 3.34. The monoisotopic (exact) mass is 300 g/mol. The Morgan fingerprint density at radius 3 is 2.62 bits per heavy atom. The fourth-order valence-electron chi connectivity index (χ4n) is 2.33. The van der Waals surface area contributed by atoms with Gasteiger partial charge in [0.25, 0.3) is 0 Å². The first-order chi connectivity index (χ1) is 10.3. The normalized spacial score (nSPS) is 11.0. The van der Waals surface area contributed by atoms with Crippen LogP contribution in [0.1, 0.15) is 5.56 Å². The lowest BCUT2D eigenvalue weighted by Crippen LogP contribution is -2.16. The maximum Gasteiger partial charge on any atom is 0.204 e. The minimum atomic E-state index is 0.574. The molecule has 0 unspecified atom stereocenters. The van der Waals surface area contributed by atoms with Crippen LogP contribution in [0.25, 0.3) is 11.0 Å². The molecule has 0 radical (unpaired) electrons. The van der Waals surface area contributed by atoms with Crippen LogP contribution in [0.2, 0.25) is 5.02 Å². The number of fused-ring (bicyclic) bond motifs is 1. The first-order valence-corrected chi connectivity index (χ1v) is 7.29. The average molecular weight is 301 g/mol. The molecule has 1 heterocycles. The summed E-state index contributed by atoms with van der Waals surface area (Å²) in [5, 5.41) is 4.03. The summed E-state index contributed by atoms with van der Waals surface area (Å²) >= 11 is 5.94. The van der Waals surface area contributed by atoms with Crippen molar-refractivity contribution in [2.24, 2.45) is 5.73 Å². The lowest BCUT2D eigenvalue weighted by Gasteiger charge is -2.10. The molecule has 0 aliphatic rings. The van der Waals surface area contributed by atoms with Crippen molar-refractivity contribution in [1.82, 2.24) is 9.55 Å². The van der Waals surface area contributed by atoms with Crippen LogP contribution >= 0.6 is 11.6 Å². The highest BCUT2D eigenvalue weighted by atomic mass is 35.5. The lowest BCUT2D eigenvalue weighted by atomic mass is 10.2. The summed E-state index contributed by atoms with van der Waals surface area (Å²) in [7, 11) is 0. The topological polar surface area (TPSA) is 55.9 Å². The minimum absolute atomic E-state index is 0.574. The van der Waals surface area contributed by atoms with Crippen LogP contribution < -0.4 is 11.1 Å². The average Bonchev–Trinajstić information content (AvgIpc) is 2.85. The molecule has 1 aromatic heterocycles. The van der Waals surface area contributed by atoms with Crippen molar-refractivity contribution in [2.75, 3.05) is 18.4 Å². The number of imidazole rings is 1. The predicted molar refractivity (Wildman–Crippen MR) is 87.8 cm³/mol. The Morgan fingerprint density at radius 2 is 1.86 bits per heavy atom. The second kappa shape index (κ2) is 6.16. The summed E-state index contributed by atoms with van der Waals surface area (Å²) in [6.45, 7) is 2.01. The van der Waals surface area contributed by atoms with E-state index in [1.165, 1.54) is 5.56 Å². The molecule has 0 atom stereocenters. The number of para-hydroxylation sites is 2. The molecule has 0 spiro atoms. The Hall–Kier alpha value is -2.04. The van der Waals surface area contributed by atoms with Gasteiger partial charge < -0.3 is 15.6 Å². The molecular weight excluding hydrogens is 284 g/mol. The van der Waals surface area contributed by atoms with Gasteiger partial charge in [-0.25, -0.2) is 4.98 Å². The molecule has 0 bridgehead atoms. The van der Waals surface area contributed by atoms with Crippen LogP contribution in [0.5, 0.6) is 0 Å². The largest absolute Gasteiger partial charge is 0.354 e. The van der Waals surface area contributed by atoms with Gasteiger partial charge in [0, 0.05) is 18.1 Å². The summed E-state index contributed by atoms with van der Waals surface area (Å²) in [6, 6.07) is 16.0. The van der Waals surface area contributed by atoms with Gasteiger partial charge in [-0.15, -0.1) is 0 Å². The maximum atomic E-state index is 5.94. The molecule has 0 saturated heterocycles. The number of hydrogen-bond acceptors (Lipinski definition) is 3. The van der Waals surface area contributed by atoms with Gasteiger partial charge >= 0.3 is 0 Å². The van der Waals surface area contributed by atoms with Gasteiger partial charge in [-0.2, -0.15) is 0 Å². The van der Waals surface area contributed by atoms with E-state index >= 15 is 0 Å². The highest BCUT2D eigenvalue weighted by Crippen LogP contribution is 2.21. The SMILES string of the molecule is NCCNc1nc2ccccc2n1Cc1ccc(Cl)cc1. The molecule has 21 heavy (non-hydrogen) atoms. The number of anilines is 1. The van der Waals surface area contributed by atoms with Crippen molar-refractivity contribution in [3.8, 4) is 0 Å². The molecule has 0 saturated carbocycles. The number of hydrogen-bond donors (Lipinski definition) is 2. The second-order valence-corrected chi connectivity index (χ2v) is 5.29. The smallest absolute Gasteiger partial charge is 0.204 e. The van der Waals surface area contributed by atoms with Gasteiger partial charge in [-0.3, -0.25) is 0 Å². The van der Waals surface area contributed by atoms with Crippen LogP contribution in [-0.2, 0) is 6.54 Å². The highest BCUT2D eigenvalue weighted by molar-refractivity contribution is 6.30. The number of nitrogens with one attached hydrogen (secondary N) is 1. The first kappa shape index (κ1) is 13.9. The summed E-state index contributed by atoms with van der Waals surface area (Å²) in [4.78, 5) is 4.63. The molecule has 0 fully saturated rings. The van der Waals surface area contributed by atoms with E-state index in [0.29, 0.717) is 13.1 Å². The maximum absolute atomic E-state index is 5.94. The second-order valence-electron chi connectivity index (χ2n) is 4.85. The third kappa shape index (κ3) is 3.01. The molecule has 3 rings (SSSR count). The van der Waals surface area contributed by atoms with E-state index in [9.17, 15) is 0 Å². The molecule has 4 nitrogen and oxygen atoms in total. The highest BCUT2D eigenvalue weighted by Gasteiger charge is 2.10. The molecule has 5 heteroatoms. The number of halogens is 1. The summed E-state index contributed by atoms with van der Waals surface area (Å²) in [5.41, 5.74) is 8.84. The van der Waals surface area contributed by atoms with E-state index in [-0.39, 0.29) is 0 Å². The zero-order valence-electron chi connectivity index (χ0n) is 11.6. The van der Waals surface area contributed by atoms with Crippen LogP contribution in [0.15, 0.2) is 48.5 Å². The van der Waals surface area contributed by atoms with Crippen LogP contribution in [0, 0.1) is 0 Å². The fourth-order valence-corrected chi connectivity index (χ4v) is 2.45. The van der Waals surface area contributed by atoms with Crippen molar-refractivity contribution in [2.45, 2.75) is 6.54 Å². The summed E-state index contributed by atoms with van der Waals surface area (Å²) in [5.74, 6) is 0.844. The molecule has 3 N–H and O–H groups in total. The number of nitrogens with two attached hydrogens (primary N) is 1. The van der Waals surface area contributed by atoms with E-state index in [1.54, 1.807) is 0 Å². The van der Waals surface area contributed by atoms with Crippen molar-refractivity contribution in [1.29, 1.82) is 0 Å².